The quantitative estimate of drug-likeness (QED) is 0.414. The van der Waals surface area contributed by atoms with Crippen molar-refractivity contribution in [1.29, 1.82) is 0 Å². The molecule has 2 amide bonds. The fourth-order valence-electron chi connectivity index (χ4n) is 2.85. The maximum atomic E-state index is 13.9. The molecule has 0 fully saturated rings. The van der Waals surface area contributed by atoms with Gasteiger partial charge in [-0.15, -0.1) is 0 Å². The molecule has 0 saturated heterocycles. The third-order valence-electron chi connectivity index (χ3n) is 4.32. The van der Waals surface area contributed by atoms with Gasteiger partial charge in [-0.2, -0.15) is 13.2 Å². The van der Waals surface area contributed by atoms with Crippen LogP contribution in [0.3, 0.4) is 0 Å². The minimum absolute atomic E-state index is 0.0135. The average molecular weight is 459 g/mol. The summed E-state index contributed by atoms with van der Waals surface area (Å²) in [7, 11) is 0. The van der Waals surface area contributed by atoms with Gasteiger partial charge >= 0.3 is 12.2 Å². The van der Waals surface area contributed by atoms with Crippen LogP contribution in [0.15, 0.2) is 28.9 Å². The van der Waals surface area contributed by atoms with E-state index in [1.807, 2.05) is 0 Å². The van der Waals surface area contributed by atoms with Gasteiger partial charge in [0.2, 0.25) is 5.95 Å². The van der Waals surface area contributed by atoms with Gasteiger partial charge in [0.15, 0.2) is 17.4 Å². The van der Waals surface area contributed by atoms with Crippen LogP contribution in [0.2, 0.25) is 0 Å². The lowest BCUT2D eigenvalue weighted by molar-refractivity contribution is -0.158. The molecule has 1 aromatic carbocycles. The highest BCUT2D eigenvalue weighted by molar-refractivity contribution is 5.89. The lowest BCUT2D eigenvalue weighted by Crippen LogP contribution is -2.40. The van der Waals surface area contributed by atoms with Crippen LogP contribution in [0.5, 0.6) is 0 Å². The first-order valence-corrected chi connectivity index (χ1v) is 9.22. The zero-order valence-electron chi connectivity index (χ0n) is 16.7. The Morgan fingerprint density at radius 3 is 2.47 bits per heavy atom. The molecule has 2 aromatic heterocycles. The van der Waals surface area contributed by atoms with Gasteiger partial charge < -0.3 is 25.5 Å². The molecular formula is C19H18F5N5O3. The lowest BCUT2D eigenvalue weighted by atomic mass is 10.1. The van der Waals surface area contributed by atoms with Crippen molar-refractivity contribution in [3.05, 3.63) is 47.5 Å². The molecule has 0 saturated carbocycles. The number of fused-ring (bicyclic) bond motifs is 1. The van der Waals surface area contributed by atoms with Gasteiger partial charge in [-0.25, -0.2) is 23.5 Å². The van der Waals surface area contributed by atoms with E-state index in [0.29, 0.717) is 6.07 Å². The number of furan rings is 1. The van der Waals surface area contributed by atoms with Crippen molar-refractivity contribution in [2.45, 2.75) is 32.2 Å². The van der Waals surface area contributed by atoms with Crippen LogP contribution in [0.25, 0.3) is 11.0 Å². The summed E-state index contributed by atoms with van der Waals surface area (Å²) in [5.41, 5.74) is -0.734. The van der Waals surface area contributed by atoms with Crippen molar-refractivity contribution in [3.63, 3.8) is 0 Å². The number of amides is 2. The number of alkyl halides is 3. The first kappa shape index (κ1) is 23.2. The monoisotopic (exact) mass is 459 g/mol. The molecule has 8 nitrogen and oxygen atoms in total. The Labute approximate surface area is 177 Å². The summed E-state index contributed by atoms with van der Waals surface area (Å²) in [4.78, 5) is 19.9. The number of rotatable bonds is 6. The molecule has 0 spiro atoms. The Morgan fingerprint density at radius 2 is 1.88 bits per heavy atom. The second-order valence-corrected chi connectivity index (χ2v) is 6.95. The number of halogens is 5. The fraction of sp³-hybridized carbons (Fsp3) is 0.316. The molecule has 0 aliphatic heterocycles. The first-order chi connectivity index (χ1) is 15.0. The number of aliphatic hydroxyl groups is 1. The number of benzene rings is 1. The van der Waals surface area contributed by atoms with Gasteiger partial charge in [0.25, 0.3) is 0 Å². The minimum Gasteiger partial charge on any atom is -0.455 e. The van der Waals surface area contributed by atoms with Crippen LogP contribution < -0.4 is 16.0 Å². The molecular weight excluding hydrogens is 441 g/mol. The van der Waals surface area contributed by atoms with Gasteiger partial charge in [0, 0.05) is 23.6 Å². The number of aryl methyl sites for hydroxylation is 1. The van der Waals surface area contributed by atoms with Gasteiger partial charge in [-0.3, -0.25) is 0 Å². The van der Waals surface area contributed by atoms with E-state index in [0.717, 1.165) is 18.5 Å². The van der Waals surface area contributed by atoms with Crippen molar-refractivity contribution < 1.29 is 36.3 Å². The lowest BCUT2D eigenvalue weighted by Gasteiger charge is -2.20. The number of aromatic nitrogens is 2. The Hall–Kier alpha value is -3.48. The second-order valence-electron chi connectivity index (χ2n) is 6.95. The van der Waals surface area contributed by atoms with Crippen LogP contribution >= 0.6 is 0 Å². The Balaban J connectivity index is 1.80. The second kappa shape index (κ2) is 8.94. The molecule has 172 valence electrons. The number of nitrogens with one attached hydrogen (secondary N) is 3. The van der Waals surface area contributed by atoms with Crippen LogP contribution in [0, 0.1) is 18.6 Å². The molecule has 2 heterocycles. The summed E-state index contributed by atoms with van der Waals surface area (Å²) in [5.74, 6) is -2.79. The third kappa shape index (κ3) is 5.22. The molecule has 13 heteroatoms. The van der Waals surface area contributed by atoms with Crippen LogP contribution in [-0.4, -0.2) is 39.9 Å². The van der Waals surface area contributed by atoms with E-state index >= 15 is 0 Å². The maximum Gasteiger partial charge on any atom is 0.416 e. The summed E-state index contributed by atoms with van der Waals surface area (Å²) in [6.45, 7) is 2.91. The smallest absolute Gasteiger partial charge is 0.416 e. The molecule has 4 N–H and O–H groups in total. The van der Waals surface area contributed by atoms with E-state index in [9.17, 15) is 31.9 Å². The van der Waals surface area contributed by atoms with E-state index in [1.165, 1.54) is 6.92 Å². The number of nitrogens with zero attached hydrogens (tertiary/aromatic N) is 2. The van der Waals surface area contributed by atoms with Gasteiger partial charge in [-0.1, -0.05) is 0 Å². The number of anilines is 2. The standard InChI is InChI=1S/C19H18F5N5O3/c1-8(30)5-25-17-26-6-11(7-27-17)28-18(31)29-16(19(22,23)24)14-9(2)12-3-10(20)4-13(21)15(12)32-14/h3-4,6-8,16,30H,5H2,1-2H3,(H,25,26,27)(H2,28,29,31)/t8-,16-/m1/s1. The molecule has 3 aromatic rings. The van der Waals surface area contributed by atoms with E-state index in [-0.39, 0.29) is 29.1 Å². The topological polar surface area (TPSA) is 112 Å². The summed E-state index contributed by atoms with van der Waals surface area (Å²) >= 11 is 0. The SMILES string of the molecule is Cc1c([C@@H](NC(=O)Nc2cnc(NC[C@@H](C)O)nc2)C(F)(F)F)oc2c(F)cc(F)cc12. The number of hydrogen-bond acceptors (Lipinski definition) is 6. The zero-order valence-corrected chi connectivity index (χ0v) is 16.7. The predicted octanol–water partition coefficient (Wildman–Crippen LogP) is 4.03. The number of urea groups is 1. The van der Waals surface area contributed by atoms with Gasteiger partial charge in [-0.05, 0) is 19.9 Å². The summed E-state index contributed by atoms with van der Waals surface area (Å²) in [6, 6.07) is -2.56. The third-order valence-corrected chi connectivity index (χ3v) is 4.32. The molecule has 0 radical (unpaired) electrons. The van der Waals surface area contributed by atoms with Crippen molar-refractivity contribution in [2.24, 2.45) is 0 Å². The van der Waals surface area contributed by atoms with Crippen molar-refractivity contribution in [1.82, 2.24) is 15.3 Å². The highest BCUT2D eigenvalue weighted by Gasteiger charge is 2.45. The Kier molecular flexibility index (Phi) is 6.48. The summed E-state index contributed by atoms with van der Waals surface area (Å²) < 4.78 is 73.5. The highest BCUT2D eigenvalue weighted by atomic mass is 19.4. The first-order valence-electron chi connectivity index (χ1n) is 9.22. The van der Waals surface area contributed by atoms with Crippen molar-refractivity contribution >= 4 is 28.6 Å². The predicted molar refractivity (Wildman–Crippen MR) is 104 cm³/mol. The van der Waals surface area contributed by atoms with E-state index < -0.39 is 47.3 Å². The van der Waals surface area contributed by atoms with E-state index in [1.54, 1.807) is 12.2 Å². The molecule has 2 atom stereocenters. The Bertz CT molecular complexity index is 1120. The van der Waals surface area contributed by atoms with Crippen molar-refractivity contribution in [2.75, 3.05) is 17.2 Å². The fourth-order valence-corrected chi connectivity index (χ4v) is 2.85. The average Bonchev–Trinajstić information content (AvgIpc) is 3.01. The maximum absolute atomic E-state index is 13.9. The van der Waals surface area contributed by atoms with Gasteiger partial charge in [0.05, 0.1) is 24.2 Å². The number of carbonyl (C=O) groups is 1. The number of aliphatic hydroxyl groups excluding tert-OH is 1. The zero-order chi connectivity index (χ0) is 23.6. The molecule has 0 aliphatic carbocycles. The normalized spacial score (nSPS) is 13.6. The molecule has 3 rings (SSSR count). The Morgan fingerprint density at radius 1 is 1.22 bits per heavy atom. The molecule has 0 bridgehead atoms. The number of carbonyl (C=O) groups excluding carboxylic acids is 1. The minimum atomic E-state index is -5.00. The highest BCUT2D eigenvalue weighted by Crippen LogP contribution is 2.39. The van der Waals surface area contributed by atoms with Gasteiger partial charge in [0.1, 0.15) is 11.6 Å². The molecule has 32 heavy (non-hydrogen) atoms. The molecule has 0 aliphatic rings. The van der Waals surface area contributed by atoms with Crippen LogP contribution in [0.1, 0.15) is 24.3 Å². The van der Waals surface area contributed by atoms with E-state index in [2.05, 4.69) is 20.6 Å². The molecule has 0 unspecified atom stereocenters. The summed E-state index contributed by atoms with van der Waals surface area (Å²) in [6.07, 6.45) is -3.38. The summed E-state index contributed by atoms with van der Waals surface area (Å²) in [5, 5.41) is 15.6. The van der Waals surface area contributed by atoms with Crippen LogP contribution in [-0.2, 0) is 0 Å². The number of hydrogen-bond donors (Lipinski definition) is 4. The van der Waals surface area contributed by atoms with E-state index in [4.69, 9.17) is 4.42 Å². The van der Waals surface area contributed by atoms with Crippen molar-refractivity contribution in [3.8, 4) is 0 Å². The van der Waals surface area contributed by atoms with Crippen LogP contribution in [0.4, 0.5) is 38.4 Å². The largest absolute Gasteiger partial charge is 0.455 e.